The Kier molecular flexibility index (Phi) is 7.61. The number of rotatable bonds is 7. The van der Waals surface area contributed by atoms with Crippen LogP contribution in [0, 0.1) is 0 Å². The van der Waals surface area contributed by atoms with E-state index in [0.717, 1.165) is 19.5 Å². The van der Waals surface area contributed by atoms with Crippen molar-refractivity contribution in [3.05, 3.63) is 35.2 Å². The molecule has 1 amide bonds. The van der Waals surface area contributed by atoms with Crippen molar-refractivity contribution in [1.29, 1.82) is 0 Å². The largest absolute Gasteiger partial charge is 0.339 e. The van der Waals surface area contributed by atoms with E-state index in [1.807, 2.05) is 0 Å². The van der Waals surface area contributed by atoms with E-state index in [1.165, 1.54) is 85.8 Å². The van der Waals surface area contributed by atoms with E-state index in [4.69, 9.17) is 0 Å². The third-order valence-electron chi connectivity index (χ3n) is 6.71. The summed E-state index contributed by atoms with van der Waals surface area (Å²) in [7, 11) is 0. The minimum absolute atomic E-state index is 0.347. The summed E-state index contributed by atoms with van der Waals surface area (Å²) >= 11 is 1.78. The van der Waals surface area contributed by atoms with E-state index in [1.54, 1.807) is 11.3 Å². The molecule has 1 aliphatic heterocycles. The molecule has 0 bridgehead atoms. The molecule has 29 heavy (non-hydrogen) atoms. The third kappa shape index (κ3) is 5.82. The van der Waals surface area contributed by atoms with E-state index < -0.39 is 0 Å². The molecule has 1 saturated heterocycles. The van der Waals surface area contributed by atoms with Gasteiger partial charge in [-0.05, 0) is 69.3 Å². The highest BCUT2D eigenvalue weighted by atomic mass is 32.1. The van der Waals surface area contributed by atoms with E-state index >= 15 is 0 Å². The molecule has 4 rings (SSSR count). The molecule has 1 aromatic heterocycles. The van der Waals surface area contributed by atoms with E-state index in [2.05, 4.69) is 40.1 Å². The van der Waals surface area contributed by atoms with Crippen molar-refractivity contribution in [2.75, 3.05) is 26.2 Å². The molecule has 0 N–H and O–H groups in total. The minimum atomic E-state index is 0.347. The SMILES string of the molecule is O=C(Cc1cc2ccccc2s1)N(CCCN1CCCCCC1)C1CCCCC1. The van der Waals surface area contributed by atoms with Crippen LogP contribution >= 0.6 is 11.3 Å². The van der Waals surface area contributed by atoms with Gasteiger partial charge in [-0.15, -0.1) is 11.3 Å². The molecule has 2 fully saturated rings. The summed E-state index contributed by atoms with van der Waals surface area (Å²) in [6.07, 6.45) is 13.4. The van der Waals surface area contributed by atoms with Gasteiger partial charge in [0.25, 0.3) is 0 Å². The van der Waals surface area contributed by atoms with Crippen LogP contribution in [0.5, 0.6) is 0 Å². The summed E-state index contributed by atoms with van der Waals surface area (Å²) < 4.78 is 1.29. The molecular weight excluding hydrogens is 376 g/mol. The van der Waals surface area contributed by atoms with Crippen molar-refractivity contribution in [2.45, 2.75) is 76.7 Å². The Balaban J connectivity index is 1.37. The van der Waals surface area contributed by atoms with Gasteiger partial charge in [-0.1, -0.05) is 50.3 Å². The molecule has 1 aliphatic carbocycles. The Labute approximate surface area is 180 Å². The van der Waals surface area contributed by atoms with Crippen LogP contribution in [0.4, 0.5) is 0 Å². The number of hydrogen-bond donors (Lipinski definition) is 0. The van der Waals surface area contributed by atoms with Crippen LogP contribution in [0.15, 0.2) is 30.3 Å². The first-order valence-electron chi connectivity index (χ1n) is 11.8. The third-order valence-corrected chi connectivity index (χ3v) is 7.83. The molecule has 0 unspecified atom stereocenters. The van der Waals surface area contributed by atoms with Crippen LogP contribution in [0.2, 0.25) is 0 Å². The molecule has 158 valence electrons. The Morgan fingerprint density at radius 3 is 2.48 bits per heavy atom. The van der Waals surface area contributed by atoms with Gasteiger partial charge in [-0.25, -0.2) is 0 Å². The van der Waals surface area contributed by atoms with E-state index in [0.29, 0.717) is 18.4 Å². The fourth-order valence-corrected chi connectivity index (χ4v) is 6.16. The molecule has 2 heterocycles. The van der Waals surface area contributed by atoms with Gasteiger partial charge in [0.2, 0.25) is 5.91 Å². The van der Waals surface area contributed by atoms with Gasteiger partial charge in [0, 0.05) is 22.2 Å². The topological polar surface area (TPSA) is 23.6 Å². The number of hydrogen-bond acceptors (Lipinski definition) is 3. The zero-order valence-corrected chi connectivity index (χ0v) is 18.6. The highest BCUT2D eigenvalue weighted by Crippen LogP contribution is 2.28. The number of amides is 1. The fraction of sp³-hybridized carbons (Fsp3) is 0.640. The maximum absolute atomic E-state index is 13.3. The van der Waals surface area contributed by atoms with E-state index in [9.17, 15) is 4.79 Å². The molecule has 1 aromatic carbocycles. The monoisotopic (exact) mass is 412 g/mol. The Hall–Kier alpha value is -1.39. The Morgan fingerprint density at radius 1 is 1.00 bits per heavy atom. The summed E-state index contributed by atoms with van der Waals surface area (Å²) in [5.74, 6) is 0.347. The number of nitrogens with zero attached hydrogens (tertiary/aromatic N) is 2. The molecule has 4 heteroatoms. The number of carbonyl (C=O) groups is 1. The lowest BCUT2D eigenvalue weighted by Gasteiger charge is -2.35. The minimum Gasteiger partial charge on any atom is -0.339 e. The zero-order chi connectivity index (χ0) is 19.9. The standard InChI is InChI=1S/C25H36N2OS/c28-25(20-23-19-21-11-6-7-14-24(21)29-23)27(22-12-4-3-5-13-22)18-10-17-26-15-8-1-2-9-16-26/h6-7,11,14,19,22H,1-5,8-10,12-13,15-18,20H2. The quantitative estimate of drug-likeness (QED) is 0.568. The Bertz CT molecular complexity index is 739. The maximum Gasteiger partial charge on any atom is 0.228 e. The van der Waals surface area contributed by atoms with Crippen LogP contribution in [0.25, 0.3) is 10.1 Å². The number of fused-ring (bicyclic) bond motifs is 1. The van der Waals surface area contributed by atoms with Gasteiger partial charge in [0.1, 0.15) is 0 Å². The van der Waals surface area contributed by atoms with Crippen molar-refractivity contribution in [3.63, 3.8) is 0 Å². The van der Waals surface area contributed by atoms with Crippen LogP contribution < -0.4 is 0 Å². The van der Waals surface area contributed by atoms with Gasteiger partial charge < -0.3 is 9.80 Å². The normalized spacial score (nSPS) is 19.3. The molecule has 0 atom stereocenters. The highest BCUT2D eigenvalue weighted by Gasteiger charge is 2.25. The maximum atomic E-state index is 13.3. The molecule has 2 aromatic rings. The predicted molar refractivity (Wildman–Crippen MR) is 124 cm³/mol. The van der Waals surface area contributed by atoms with Gasteiger partial charge in [0.05, 0.1) is 6.42 Å². The molecule has 1 saturated carbocycles. The average Bonchev–Trinajstić information content (AvgIpc) is 2.97. The Morgan fingerprint density at radius 2 is 1.72 bits per heavy atom. The average molecular weight is 413 g/mol. The number of benzene rings is 1. The molecular formula is C25H36N2OS. The summed E-state index contributed by atoms with van der Waals surface area (Å²) in [5.41, 5.74) is 0. The first-order valence-corrected chi connectivity index (χ1v) is 12.6. The first-order chi connectivity index (χ1) is 14.3. The van der Waals surface area contributed by atoms with Crippen LogP contribution in [-0.2, 0) is 11.2 Å². The molecule has 3 nitrogen and oxygen atoms in total. The van der Waals surface area contributed by atoms with Crippen molar-refractivity contribution < 1.29 is 4.79 Å². The summed E-state index contributed by atoms with van der Waals surface area (Å²) in [4.78, 5) is 19.5. The summed E-state index contributed by atoms with van der Waals surface area (Å²) in [6, 6.07) is 11.2. The van der Waals surface area contributed by atoms with Crippen molar-refractivity contribution in [1.82, 2.24) is 9.80 Å². The van der Waals surface area contributed by atoms with Gasteiger partial charge in [0.15, 0.2) is 0 Å². The smallest absolute Gasteiger partial charge is 0.228 e. The molecule has 0 spiro atoms. The second-order valence-electron chi connectivity index (χ2n) is 8.92. The highest BCUT2D eigenvalue weighted by molar-refractivity contribution is 7.19. The number of likely N-dealkylation sites (tertiary alicyclic amines) is 1. The van der Waals surface area contributed by atoms with E-state index in [-0.39, 0.29) is 0 Å². The van der Waals surface area contributed by atoms with Crippen LogP contribution in [0.3, 0.4) is 0 Å². The van der Waals surface area contributed by atoms with Gasteiger partial charge in [-0.3, -0.25) is 4.79 Å². The number of carbonyl (C=O) groups excluding carboxylic acids is 1. The lowest BCUT2D eigenvalue weighted by molar-refractivity contribution is -0.133. The summed E-state index contributed by atoms with van der Waals surface area (Å²) in [6.45, 7) is 4.59. The fourth-order valence-electron chi connectivity index (χ4n) is 5.10. The van der Waals surface area contributed by atoms with Gasteiger partial charge in [-0.2, -0.15) is 0 Å². The van der Waals surface area contributed by atoms with Crippen molar-refractivity contribution in [3.8, 4) is 0 Å². The molecule has 2 aliphatic rings. The lowest BCUT2D eigenvalue weighted by atomic mass is 9.93. The van der Waals surface area contributed by atoms with Crippen LogP contribution in [-0.4, -0.2) is 47.9 Å². The van der Waals surface area contributed by atoms with Crippen molar-refractivity contribution >= 4 is 27.3 Å². The molecule has 0 radical (unpaired) electrons. The second kappa shape index (κ2) is 10.6. The summed E-state index contributed by atoms with van der Waals surface area (Å²) in [5, 5.41) is 1.27. The second-order valence-corrected chi connectivity index (χ2v) is 10.1. The van der Waals surface area contributed by atoms with Crippen LogP contribution in [0.1, 0.15) is 69.1 Å². The predicted octanol–water partition coefficient (Wildman–Crippen LogP) is 5.87. The number of thiophene rings is 1. The van der Waals surface area contributed by atoms with Crippen molar-refractivity contribution in [2.24, 2.45) is 0 Å². The lowest BCUT2D eigenvalue weighted by Crippen LogP contribution is -2.43. The zero-order valence-electron chi connectivity index (χ0n) is 17.8. The first kappa shape index (κ1) is 20.9. The van der Waals surface area contributed by atoms with Gasteiger partial charge >= 0.3 is 0 Å².